The molecule has 1 aromatic carbocycles. The number of rotatable bonds is 11. The summed E-state index contributed by atoms with van der Waals surface area (Å²) < 4.78 is 44.4. The molecule has 11 nitrogen and oxygen atoms in total. The van der Waals surface area contributed by atoms with E-state index in [1.165, 1.54) is 11.8 Å². The molecular formula is C24H32N2O9. The Hall–Kier alpha value is -3.73. The summed E-state index contributed by atoms with van der Waals surface area (Å²) in [5.74, 6) is -4.69. The van der Waals surface area contributed by atoms with Gasteiger partial charge in [-0.15, -0.1) is 0 Å². The van der Waals surface area contributed by atoms with Crippen molar-refractivity contribution in [2.45, 2.75) is 57.7 Å². The molecule has 1 amide bonds. The van der Waals surface area contributed by atoms with Crippen LogP contribution < -0.4 is 5.32 Å². The maximum absolute atomic E-state index is 12.8. The van der Waals surface area contributed by atoms with Gasteiger partial charge in [0.1, 0.15) is 12.1 Å². The van der Waals surface area contributed by atoms with Crippen LogP contribution in [0.2, 0.25) is 0 Å². The summed E-state index contributed by atoms with van der Waals surface area (Å²) in [6.45, 7) is 3.56. The molecule has 1 aliphatic rings. The molecule has 0 aliphatic carbocycles. The number of aliphatic carboxylic acids is 3. The van der Waals surface area contributed by atoms with Crippen LogP contribution in [0.4, 0.5) is 0 Å². The average molecular weight is 498 g/mol. The molecule has 4 N–H and O–H groups in total. The first-order valence-electron chi connectivity index (χ1n) is 13.3. The Labute approximate surface area is 210 Å². The summed E-state index contributed by atoms with van der Waals surface area (Å²) in [6.07, 6.45) is 2.06. The molecule has 0 bridgehead atoms. The van der Waals surface area contributed by atoms with Gasteiger partial charge >= 0.3 is 23.9 Å². The molecular weight excluding hydrogens is 460 g/mol. The molecule has 1 aromatic rings. The number of ether oxygens (including phenoxy) is 1. The fraction of sp³-hybridized carbons (Fsp3) is 0.458. The number of carbonyl (C=O) groups excluding carboxylic acids is 2. The molecule has 0 radical (unpaired) electrons. The highest BCUT2D eigenvalue weighted by Gasteiger charge is 2.36. The Morgan fingerprint density at radius 2 is 1.74 bits per heavy atom. The lowest BCUT2D eigenvalue weighted by Gasteiger charge is -2.27. The molecule has 192 valence electrons. The van der Waals surface area contributed by atoms with Crippen molar-refractivity contribution in [2.75, 3.05) is 13.2 Å². The topological polar surface area (TPSA) is 171 Å². The van der Waals surface area contributed by atoms with Gasteiger partial charge in [-0.25, -0.2) is 14.4 Å². The number of benzene rings is 1. The van der Waals surface area contributed by atoms with Crippen LogP contribution in [0.3, 0.4) is 0 Å². The van der Waals surface area contributed by atoms with E-state index in [9.17, 15) is 29.1 Å². The van der Waals surface area contributed by atoms with Gasteiger partial charge in [-0.05, 0) is 45.1 Å². The second-order valence-electron chi connectivity index (χ2n) is 7.37. The highest BCUT2D eigenvalue weighted by Crippen LogP contribution is 2.19. The predicted molar refractivity (Wildman–Crippen MR) is 125 cm³/mol. The van der Waals surface area contributed by atoms with Crippen molar-refractivity contribution in [1.82, 2.24) is 10.2 Å². The van der Waals surface area contributed by atoms with Crippen molar-refractivity contribution in [2.24, 2.45) is 0 Å². The minimum absolute atomic E-state index is 0.0193. The number of hydrogen-bond acceptors (Lipinski definition) is 7. The third-order valence-electron chi connectivity index (χ3n) is 4.82. The number of carboxylic acid groups (broad SMARTS) is 3. The Morgan fingerprint density at radius 3 is 2.26 bits per heavy atom. The molecule has 1 fully saturated rings. The van der Waals surface area contributed by atoms with Gasteiger partial charge in [-0.1, -0.05) is 30.2 Å². The van der Waals surface area contributed by atoms with Gasteiger partial charge in [0, 0.05) is 18.7 Å². The first kappa shape index (κ1) is 21.8. The number of hydrogen-bond donors (Lipinski definition) is 4. The van der Waals surface area contributed by atoms with Gasteiger partial charge in [0.15, 0.2) is 0 Å². The molecule has 0 unspecified atom stereocenters. The zero-order valence-electron chi connectivity index (χ0n) is 24.4. The summed E-state index contributed by atoms with van der Waals surface area (Å²) in [5.41, 5.74) is 0.0663. The lowest BCUT2D eigenvalue weighted by atomic mass is 10.0. The summed E-state index contributed by atoms with van der Waals surface area (Å²) in [7, 11) is 0. The molecule has 1 heterocycles. The molecule has 35 heavy (non-hydrogen) atoms. The fourth-order valence-electron chi connectivity index (χ4n) is 3.25. The third kappa shape index (κ3) is 10.8. The van der Waals surface area contributed by atoms with Crippen molar-refractivity contribution in [1.29, 1.82) is 0 Å². The van der Waals surface area contributed by atoms with E-state index >= 15 is 0 Å². The fourth-order valence-corrected chi connectivity index (χ4v) is 3.25. The highest BCUT2D eigenvalue weighted by atomic mass is 16.5. The van der Waals surface area contributed by atoms with Crippen molar-refractivity contribution in [3.05, 3.63) is 47.9 Å². The quantitative estimate of drug-likeness (QED) is 0.258. The number of nitrogens with one attached hydrogen (secondary N) is 1. The minimum atomic E-state index is -1.26. The van der Waals surface area contributed by atoms with E-state index < -0.39 is 66.0 Å². The van der Waals surface area contributed by atoms with Gasteiger partial charge < -0.3 is 25.0 Å². The molecule has 0 saturated carbocycles. The summed E-state index contributed by atoms with van der Waals surface area (Å²) in [4.78, 5) is 57.0. The van der Waals surface area contributed by atoms with Crippen molar-refractivity contribution < 1.29 is 50.9 Å². The van der Waals surface area contributed by atoms with E-state index in [4.69, 9.17) is 21.8 Å². The number of amides is 1. The van der Waals surface area contributed by atoms with Crippen LogP contribution in [0.15, 0.2) is 42.4 Å². The van der Waals surface area contributed by atoms with Gasteiger partial charge in [0.2, 0.25) is 5.91 Å². The smallest absolute Gasteiger partial charge is 0.328 e. The van der Waals surface area contributed by atoms with Gasteiger partial charge in [0.25, 0.3) is 0 Å². The first-order valence-corrected chi connectivity index (χ1v) is 10.8. The zero-order valence-corrected chi connectivity index (χ0v) is 19.4. The molecule has 0 spiro atoms. The first-order chi connectivity index (χ1) is 18.6. The predicted octanol–water partition coefficient (Wildman–Crippen LogP) is 1.32. The van der Waals surface area contributed by atoms with Crippen LogP contribution in [0.25, 0.3) is 0 Å². The van der Waals surface area contributed by atoms with E-state index in [2.05, 4.69) is 5.32 Å². The average Bonchev–Trinajstić information content (AvgIpc) is 3.39. The second-order valence-corrected chi connectivity index (χ2v) is 7.37. The Bertz CT molecular complexity index is 1120. The van der Waals surface area contributed by atoms with Crippen molar-refractivity contribution >= 4 is 29.8 Å². The Balaban J connectivity index is 0.000000869. The normalized spacial score (nSPS) is 18.6. The molecule has 1 saturated heterocycles. The lowest BCUT2D eigenvalue weighted by molar-refractivity contribution is -0.150. The van der Waals surface area contributed by atoms with Crippen LogP contribution >= 0.6 is 0 Å². The van der Waals surface area contributed by atoms with Crippen LogP contribution in [-0.4, -0.2) is 81.3 Å². The minimum Gasteiger partial charge on any atom is -0.480 e. The third-order valence-corrected chi connectivity index (χ3v) is 4.82. The SMILES string of the molecule is O=C(O)/C=C\C(=O)O.[2H]c1c([2H])c([2H])c(CC[C@@H](N[C@@H](C)C(=O)N2CCC[C@H]2C(=O)O)C(=O)OCC)c([2H])c1[2H]. The van der Waals surface area contributed by atoms with E-state index in [-0.39, 0.29) is 37.1 Å². The molecule has 11 heteroatoms. The summed E-state index contributed by atoms with van der Waals surface area (Å²) in [5, 5.41) is 27.8. The van der Waals surface area contributed by atoms with Gasteiger partial charge in [-0.3, -0.25) is 14.9 Å². The second kappa shape index (κ2) is 15.2. The van der Waals surface area contributed by atoms with Crippen LogP contribution in [0.5, 0.6) is 0 Å². The van der Waals surface area contributed by atoms with E-state index in [1.54, 1.807) is 6.92 Å². The van der Waals surface area contributed by atoms with Gasteiger partial charge in [-0.2, -0.15) is 0 Å². The van der Waals surface area contributed by atoms with Crippen molar-refractivity contribution in [3.8, 4) is 0 Å². The molecule has 2 rings (SSSR count). The Kier molecular flexibility index (Phi) is 9.47. The maximum Gasteiger partial charge on any atom is 0.328 e. The van der Waals surface area contributed by atoms with E-state index in [1.807, 2.05) is 0 Å². The lowest BCUT2D eigenvalue weighted by Crippen LogP contribution is -2.53. The monoisotopic (exact) mass is 497 g/mol. The van der Waals surface area contributed by atoms with Crippen LogP contribution in [0, 0.1) is 0 Å². The maximum atomic E-state index is 12.8. The number of carboxylic acids is 3. The molecule has 1 aliphatic heterocycles. The van der Waals surface area contributed by atoms with Crippen LogP contribution in [0.1, 0.15) is 45.5 Å². The highest BCUT2D eigenvalue weighted by molar-refractivity contribution is 5.89. The largest absolute Gasteiger partial charge is 0.480 e. The summed E-state index contributed by atoms with van der Waals surface area (Å²) >= 11 is 0. The number of esters is 1. The number of likely N-dealkylation sites (tertiary alicyclic amines) is 1. The van der Waals surface area contributed by atoms with Crippen LogP contribution in [-0.2, 0) is 35.1 Å². The zero-order chi connectivity index (χ0) is 30.7. The van der Waals surface area contributed by atoms with E-state index in [0.29, 0.717) is 31.5 Å². The van der Waals surface area contributed by atoms with E-state index in [0.717, 1.165) is 0 Å². The van der Waals surface area contributed by atoms with Crippen molar-refractivity contribution in [3.63, 3.8) is 0 Å². The standard InChI is InChI=1S/C20H28N2O5.C4H4O4/c1-3-27-20(26)16(12-11-15-8-5-4-6-9-15)21-14(2)18(23)22-13-7-10-17(22)19(24)25;5-3(6)1-2-4(7)8/h4-6,8-9,14,16-17,21H,3,7,10-13H2,1-2H3,(H,24,25);1-2H,(H,5,6)(H,7,8)/b;2-1-/t14-,16+,17-;/m0./s1/i4D,5D,6D,8D,9D;. The number of carbonyl (C=O) groups is 5. The molecule has 3 atom stereocenters. The molecule has 0 aromatic heterocycles. The number of nitrogens with zero attached hydrogens (tertiary/aromatic N) is 1. The Morgan fingerprint density at radius 1 is 1.14 bits per heavy atom. The van der Waals surface area contributed by atoms with Gasteiger partial charge in [0.05, 0.1) is 19.5 Å². The summed E-state index contributed by atoms with van der Waals surface area (Å²) in [6, 6.07) is -4.88.